The van der Waals surface area contributed by atoms with Crippen molar-refractivity contribution >= 4 is 22.9 Å². The molecule has 2 aliphatic rings. The number of rotatable bonds is 3. The van der Waals surface area contributed by atoms with E-state index in [1.54, 1.807) is 12.1 Å². The number of benzene rings is 4. The maximum absolute atomic E-state index is 11.4. The number of nitro groups is 1. The van der Waals surface area contributed by atoms with Crippen LogP contribution in [-0.4, -0.2) is 10.8 Å². The molecule has 4 aromatic carbocycles. The van der Waals surface area contributed by atoms with E-state index in [0.29, 0.717) is 11.4 Å². The van der Waals surface area contributed by atoms with Crippen LogP contribution >= 0.6 is 0 Å². The minimum absolute atomic E-state index is 0.0575. The van der Waals surface area contributed by atoms with Crippen LogP contribution in [0.4, 0.5) is 17.1 Å². The molecule has 0 aliphatic carbocycles. The van der Waals surface area contributed by atoms with Crippen molar-refractivity contribution in [3.05, 3.63) is 123 Å². The van der Waals surface area contributed by atoms with E-state index in [9.17, 15) is 20.6 Å². The number of hydrogen-bond acceptors (Lipinski definition) is 5. The zero-order valence-corrected chi connectivity index (χ0v) is 21.4. The van der Waals surface area contributed by atoms with Gasteiger partial charge in [0.25, 0.3) is 5.69 Å². The molecule has 2 unspecified atom stereocenters. The normalized spacial score (nSPS) is 19.4. The Labute approximate surface area is 226 Å². The molecule has 188 valence electrons. The van der Waals surface area contributed by atoms with Crippen LogP contribution < -0.4 is 4.90 Å². The van der Waals surface area contributed by atoms with Crippen LogP contribution in [0.2, 0.25) is 0 Å². The van der Waals surface area contributed by atoms with Gasteiger partial charge in [-0.15, -0.1) is 0 Å². The Morgan fingerprint density at radius 3 is 2.10 bits per heavy atom. The van der Waals surface area contributed by atoms with Crippen molar-refractivity contribution in [2.24, 2.45) is 10.4 Å². The van der Waals surface area contributed by atoms with Gasteiger partial charge in [-0.2, -0.15) is 10.5 Å². The summed E-state index contributed by atoms with van der Waals surface area (Å²) in [7, 11) is 0. The quantitative estimate of drug-likeness (QED) is 0.213. The molecule has 1 saturated heterocycles. The van der Waals surface area contributed by atoms with Gasteiger partial charge in [-0.1, -0.05) is 72.8 Å². The maximum atomic E-state index is 11.4. The minimum Gasteiger partial charge on any atom is -0.318 e. The maximum Gasteiger partial charge on any atom is 0.269 e. The number of aliphatic imine (C=N–C) groups is 1. The first-order valence-corrected chi connectivity index (χ1v) is 12.6. The smallest absolute Gasteiger partial charge is 0.269 e. The first-order chi connectivity index (χ1) is 18.9. The van der Waals surface area contributed by atoms with Gasteiger partial charge in [0.05, 0.1) is 40.4 Å². The van der Waals surface area contributed by atoms with Gasteiger partial charge in [-0.3, -0.25) is 10.1 Å². The predicted molar refractivity (Wildman–Crippen MR) is 150 cm³/mol. The molecule has 0 N–H and O–H groups in total. The standard InChI is InChI=1S/C32H23N5O2/c1-20-8-7-9-21(2)29(20)35-31-28(22-14-16-23(17-15-22)37(38)39)32(18-33,19-34)30-26-12-4-3-10-24(26)25-11-5-6-13-27(25)36(30)31/h3-17,28,30H,1-2H3. The Balaban J connectivity index is 1.72. The number of para-hydroxylation sites is 2. The van der Waals surface area contributed by atoms with E-state index < -0.39 is 22.3 Å². The van der Waals surface area contributed by atoms with Crippen molar-refractivity contribution in [3.8, 4) is 23.3 Å². The molecule has 39 heavy (non-hydrogen) atoms. The molecule has 4 aromatic rings. The van der Waals surface area contributed by atoms with E-state index in [0.717, 1.165) is 39.2 Å². The second-order valence-corrected chi connectivity index (χ2v) is 9.96. The predicted octanol–water partition coefficient (Wildman–Crippen LogP) is 7.30. The van der Waals surface area contributed by atoms with Crippen LogP contribution in [-0.2, 0) is 0 Å². The van der Waals surface area contributed by atoms with Crippen molar-refractivity contribution in [1.82, 2.24) is 0 Å². The highest BCUT2D eigenvalue weighted by atomic mass is 16.6. The molecule has 0 spiro atoms. The van der Waals surface area contributed by atoms with Crippen LogP contribution in [0, 0.1) is 52.0 Å². The summed E-state index contributed by atoms with van der Waals surface area (Å²) in [6.07, 6.45) is 0. The van der Waals surface area contributed by atoms with Crippen LogP contribution in [0.5, 0.6) is 0 Å². The molecule has 0 bridgehead atoms. The minimum atomic E-state index is -1.56. The summed E-state index contributed by atoms with van der Waals surface area (Å²) in [5.41, 5.74) is 5.43. The third-order valence-electron chi connectivity index (χ3n) is 7.83. The van der Waals surface area contributed by atoms with E-state index in [2.05, 4.69) is 12.1 Å². The number of nitro benzene ring substituents is 1. The highest BCUT2D eigenvalue weighted by Crippen LogP contribution is 2.61. The lowest BCUT2D eigenvalue weighted by Gasteiger charge is -2.37. The number of anilines is 1. The molecule has 6 rings (SSSR count). The Kier molecular flexibility index (Phi) is 5.52. The van der Waals surface area contributed by atoms with E-state index in [-0.39, 0.29) is 5.69 Å². The largest absolute Gasteiger partial charge is 0.318 e. The Bertz CT molecular complexity index is 1730. The number of non-ortho nitro benzene ring substituents is 1. The lowest BCUT2D eigenvalue weighted by molar-refractivity contribution is -0.384. The van der Waals surface area contributed by atoms with Gasteiger partial charge < -0.3 is 4.90 Å². The second-order valence-electron chi connectivity index (χ2n) is 9.96. The summed E-state index contributed by atoms with van der Waals surface area (Å²) in [5, 5.41) is 33.1. The molecule has 7 heteroatoms. The van der Waals surface area contributed by atoms with Gasteiger partial charge >= 0.3 is 0 Å². The lowest BCUT2D eigenvalue weighted by atomic mass is 9.69. The highest BCUT2D eigenvalue weighted by Gasteiger charge is 2.62. The van der Waals surface area contributed by atoms with Crippen molar-refractivity contribution < 1.29 is 4.92 Å². The van der Waals surface area contributed by atoms with Crippen LogP contribution in [0.15, 0.2) is 96.0 Å². The van der Waals surface area contributed by atoms with Gasteiger partial charge in [0.1, 0.15) is 5.84 Å². The zero-order valence-electron chi connectivity index (χ0n) is 21.4. The molecular weight excluding hydrogens is 486 g/mol. The number of nitriles is 2. The van der Waals surface area contributed by atoms with Crippen molar-refractivity contribution in [2.75, 3.05) is 4.90 Å². The summed E-state index contributed by atoms with van der Waals surface area (Å²) in [4.78, 5) is 18.2. The summed E-state index contributed by atoms with van der Waals surface area (Å²) >= 11 is 0. The van der Waals surface area contributed by atoms with Crippen LogP contribution in [0.3, 0.4) is 0 Å². The number of nitrogens with zero attached hydrogens (tertiary/aromatic N) is 5. The lowest BCUT2D eigenvalue weighted by Crippen LogP contribution is -2.35. The van der Waals surface area contributed by atoms with E-state index in [1.165, 1.54) is 12.1 Å². The van der Waals surface area contributed by atoms with Crippen molar-refractivity contribution in [3.63, 3.8) is 0 Å². The summed E-state index contributed by atoms with van der Waals surface area (Å²) in [6.45, 7) is 3.97. The van der Waals surface area contributed by atoms with E-state index in [1.807, 2.05) is 85.5 Å². The molecule has 0 saturated carbocycles. The number of fused-ring (bicyclic) bond motifs is 6. The van der Waals surface area contributed by atoms with Gasteiger partial charge in [-0.05, 0) is 47.7 Å². The van der Waals surface area contributed by atoms with Gasteiger partial charge in [0.15, 0.2) is 5.41 Å². The van der Waals surface area contributed by atoms with Gasteiger partial charge in [0.2, 0.25) is 0 Å². The van der Waals surface area contributed by atoms with Crippen LogP contribution in [0.1, 0.15) is 34.2 Å². The first-order valence-electron chi connectivity index (χ1n) is 12.6. The Morgan fingerprint density at radius 1 is 0.846 bits per heavy atom. The summed E-state index contributed by atoms with van der Waals surface area (Å²) in [6, 6.07) is 32.1. The van der Waals surface area contributed by atoms with Crippen LogP contribution in [0.25, 0.3) is 11.1 Å². The SMILES string of the molecule is Cc1cccc(C)c1N=C1C(c2ccc([N+](=O)[O-])cc2)C(C#N)(C#N)C2c3ccccc3-c3ccccc3N12. The summed E-state index contributed by atoms with van der Waals surface area (Å²) in [5.74, 6) is -0.201. The molecule has 1 fully saturated rings. The average Bonchev–Trinajstić information content (AvgIpc) is 3.26. The van der Waals surface area contributed by atoms with Gasteiger partial charge in [-0.25, -0.2) is 4.99 Å². The third-order valence-corrected chi connectivity index (χ3v) is 7.83. The summed E-state index contributed by atoms with van der Waals surface area (Å²) < 4.78 is 0. The van der Waals surface area contributed by atoms with E-state index >= 15 is 0 Å². The third kappa shape index (κ3) is 3.44. The van der Waals surface area contributed by atoms with Gasteiger partial charge in [0, 0.05) is 17.7 Å². The average molecular weight is 510 g/mol. The fourth-order valence-electron chi connectivity index (χ4n) is 6.07. The molecule has 0 amide bonds. The molecular formula is C32H23N5O2. The fourth-order valence-corrected chi connectivity index (χ4v) is 6.07. The number of amidine groups is 1. The Morgan fingerprint density at radius 2 is 1.46 bits per heavy atom. The van der Waals surface area contributed by atoms with Crippen molar-refractivity contribution in [2.45, 2.75) is 25.8 Å². The molecule has 0 aromatic heterocycles. The molecule has 2 atom stereocenters. The number of aryl methyl sites for hydroxylation is 2. The molecule has 0 radical (unpaired) electrons. The highest BCUT2D eigenvalue weighted by molar-refractivity contribution is 6.12. The number of hydrogen-bond donors (Lipinski definition) is 0. The Hall–Kier alpha value is -5.27. The fraction of sp³-hybridized carbons (Fsp3) is 0.156. The topological polar surface area (TPSA) is 106 Å². The zero-order chi connectivity index (χ0) is 27.3. The monoisotopic (exact) mass is 509 g/mol. The molecule has 7 nitrogen and oxygen atoms in total. The first kappa shape index (κ1) is 24.1. The molecule has 2 aliphatic heterocycles. The second kappa shape index (κ2) is 8.93. The van der Waals surface area contributed by atoms with Crippen molar-refractivity contribution in [1.29, 1.82) is 10.5 Å². The van der Waals surface area contributed by atoms with E-state index in [4.69, 9.17) is 4.99 Å². The molecule has 2 heterocycles.